The molecule has 100 valence electrons. The van der Waals surface area contributed by atoms with Crippen LogP contribution in [0.3, 0.4) is 0 Å². The minimum Gasteiger partial charge on any atom is -0.493 e. The second-order valence-electron chi connectivity index (χ2n) is 5.06. The zero-order valence-electron chi connectivity index (χ0n) is 11.3. The third-order valence-electron chi connectivity index (χ3n) is 3.92. The van der Waals surface area contributed by atoms with Crippen molar-refractivity contribution in [3.63, 3.8) is 0 Å². The van der Waals surface area contributed by atoms with E-state index < -0.39 is 0 Å². The van der Waals surface area contributed by atoms with Gasteiger partial charge >= 0.3 is 0 Å². The molecule has 1 aromatic carbocycles. The molecule has 3 heteroatoms. The zero-order chi connectivity index (χ0) is 13.2. The molecule has 1 aliphatic heterocycles. The number of amides is 1. The third kappa shape index (κ3) is 2.25. The van der Waals surface area contributed by atoms with Crippen LogP contribution < -0.4 is 10.1 Å². The van der Waals surface area contributed by atoms with Gasteiger partial charge in [0.25, 0.3) is 0 Å². The van der Waals surface area contributed by atoms with Crippen LogP contribution in [0.4, 0.5) is 0 Å². The maximum absolute atomic E-state index is 11.3. The lowest BCUT2D eigenvalue weighted by Gasteiger charge is -2.08. The lowest BCUT2D eigenvalue weighted by molar-refractivity contribution is -0.120. The van der Waals surface area contributed by atoms with Gasteiger partial charge in [-0.1, -0.05) is 19.1 Å². The Morgan fingerprint density at radius 3 is 3.11 bits per heavy atom. The van der Waals surface area contributed by atoms with Crippen molar-refractivity contribution in [2.45, 2.75) is 32.6 Å². The van der Waals surface area contributed by atoms with Gasteiger partial charge in [0.05, 0.1) is 6.61 Å². The van der Waals surface area contributed by atoms with Gasteiger partial charge in [0, 0.05) is 24.9 Å². The Morgan fingerprint density at radius 1 is 1.37 bits per heavy atom. The van der Waals surface area contributed by atoms with Crippen molar-refractivity contribution in [1.82, 2.24) is 5.32 Å². The highest BCUT2D eigenvalue weighted by Crippen LogP contribution is 2.40. The standard InChI is InChI=1S/C16H19NO2/c1-2-15(18)17-9-7-12-4-3-11-5-6-14-13(16(11)12)8-10-19-14/h5-7H,2-4,8-10H2,1H3,(H,17,18)/b12-7+. The number of rotatable bonds is 3. The molecule has 1 N–H and O–H groups in total. The second-order valence-corrected chi connectivity index (χ2v) is 5.06. The molecule has 0 unspecified atom stereocenters. The molecular weight excluding hydrogens is 238 g/mol. The Hall–Kier alpha value is -1.77. The lowest BCUT2D eigenvalue weighted by Crippen LogP contribution is -2.22. The minimum absolute atomic E-state index is 0.108. The number of carbonyl (C=O) groups is 1. The maximum atomic E-state index is 11.3. The molecule has 0 fully saturated rings. The molecule has 1 amide bonds. The van der Waals surface area contributed by atoms with Crippen molar-refractivity contribution < 1.29 is 9.53 Å². The second kappa shape index (κ2) is 5.08. The fourth-order valence-corrected chi connectivity index (χ4v) is 2.94. The molecule has 1 heterocycles. The molecule has 2 aliphatic rings. The summed E-state index contributed by atoms with van der Waals surface area (Å²) in [5.74, 6) is 1.15. The lowest BCUT2D eigenvalue weighted by atomic mass is 9.98. The van der Waals surface area contributed by atoms with E-state index in [-0.39, 0.29) is 5.91 Å². The fraction of sp³-hybridized carbons (Fsp3) is 0.438. The van der Waals surface area contributed by atoms with Crippen LogP contribution in [0, 0.1) is 0 Å². The Bertz CT molecular complexity index is 546. The Kier molecular flexibility index (Phi) is 3.28. The summed E-state index contributed by atoms with van der Waals surface area (Å²) in [5.41, 5.74) is 5.55. The van der Waals surface area contributed by atoms with Gasteiger partial charge in [-0.25, -0.2) is 0 Å². The number of ether oxygens (including phenoxy) is 1. The van der Waals surface area contributed by atoms with Crippen LogP contribution in [0.2, 0.25) is 0 Å². The van der Waals surface area contributed by atoms with E-state index in [0.29, 0.717) is 13.0 Å². The molecule has 1 aliphatic carbocycles. The van der Waals surface area contributed by atoms with E-state index in [1.54, 1.807) is 0 Å². The van der Waals surface area contributed by atoms with Gasteiger partial charge in [0.1, 0.15) is 5.75 Å². The summed E-state index contributed by atoms with van der Waals surface area (Å²) in [7, 11) is 0. The number of fused-ring (bicyclic) bond motifs is 3. The number of hydrogen-bond donors (Lipinski definition) is 1. The van der Waals surface area contributed by atoms with E-state index >= 15 is 0 Å². The van der Waals surface area contributed by atoms with Crippen LogP contribution in [0.15, 0.2) is 18.2 Å². The molecule has 0 aromatic heterocycles. The molecule has 19 heavy (non-hydrogen) atoms. The quantitative estimate of drug-likeness (QED) is 0.903. The van der Waals surface area contributed by atoms with E-state index in [9.17, 15) is 4.79 Å². The molecular formula is C16H19NO2. The summed E-state index contributed by atoms with van der Waals surface area (Å²) in [6.45, 7) is 3.30. The predicted molar refractivity (Wildman–Crippen MR) is 75.2 cm³/mol. The minimum atomic E-state index is 0.108. The van der Waals surface area contributed by atoms with Crippen LogP contribution >= 0.6 is 0 Å². The molecule has 3 nitrogen and oxygen atoms in total. The Balaban J connectivity index is 1.83. The summed E-state index contributed by atoms with van der Waals surface area (Å²) in [4.78, 5) is 11.3. The smallest absolute Gasteiger partial charge is 0.219 e. The summed E-state index contributed by atoms with van der Waals surface area (Å²) in [6.07, 6.45) is 5.90. The topological polar surface area (TPSA) is 38.3 Å². The van der Waals surface area contributed by atoms with Gasteiger partial charge in [-0.15, -0.1) is 0 Å². The van der Waals surface area contributed by atoms with Gasteiger partial charge in [-0.2, -0.15) is 0 Å². The number of aryl methyl sites for hydroxylation is 1. The summed E-state index contributed by atoms with van der Waals surface area (Å²) < 4.78 is 5.64. The summed E-state index contributed by atoms with van der Waals surface area (Å²) >= 11 is 0. The Labute approximate surface area is 113 Å². The van der Waals surface area contributed by atoms with Crippen molar-refractivity contribution in [1.29, 1.82) is 0 Å². The van der Waals surface area contributed by atoms with Crippen LogP contribution in [-0.4, -0.2) is 19.1 Å². The molecule has 0 atom stereocenters. The van der Waals surface area contributed by atoms with Gasteiger partial charge in [0.15, 0.2) is 0 Å². The van der Waals surface area contributed by atoms with Crippen LogP contribution in [-0.2, 0) is 17.6 Å². The zero-order valence-corrected chi connectivity index (χ0v) is 11.3. The summed E-state index contributed by atoms with van der Waals surface area (Å²) in [6, 6.07) is 4.29. The van der Waals surface area contributed by atoms with Crippen molar-refractivity contribution in [3.8, 4) is 5.75 Å². The first-order valence-corrected chi connectivity index (χ1v) is 7.03. The summed E-state index contributed by atoms with van der Waals surface area (Å²) in [5, 5.41) is 2.91. The van der Waals surface area contributed by atoms with E-state index in [1.807, 2.05) is 6.92 Å². The van der Waals surface area contributed by atoms with Gasteiger partial charge in [0.2, 0.25) is 5.91 Å². The predicted octanol–water partition coefficient (Wildman–Crippen LogP) is 2.48. The average Bonchev–Trinajstić information content (AvgIpc) is 3.03. The van der Waals surface area contributed by atoms with Crippen molar-refractivity contribution in [2.24, 2.45) is 0 Å². The number of carbonyl (C=O) groups excluding carboxylic acids is 1. The first-order valence-electron chi connectivity index (χ1n) is 7.03. The highest BCUT2D eigenvalue weighted by molar-refractivity contribution is 5.79. The molecule has 3 rings (SSSR count). The molecule has 0 radical (unpaired) electrons. The fourth-order valence-electron chi connectivity index (χ4n) is 2.94. The van der Waals surface area contributed by atoms with Crippen molar-refractivity contribution >= 4 is 11.5 Å². The largest absolute Gasteiger partial charge is 0.493 e. The first-order chi connectivity index (χ1) is 9.29. The van der Waals surface area contributed by atoms with E-state index in [1.165, 1.54) is 22.3 Å². The molecule has 0 bridgehead atoms. The van der Waals surface area contributed by atoms with Crippen LogP contribution in [0.25, 0.3) is 5.57 Å². The van der Waals surface area contributed by atoms with E-state index in [0.717, 1.165) is 31.6 Å². The number of benzene rings is 1. The highest BCUT2D eigenvalue weighted by Gasteiger charge is 2.25. The van der Waals surface area contributed by atoms with Crippen molar-refractivity contribution in [2.75, 3.05) is 13.2 Å². The normalized spacial score (nSPS) is 18.1. The molecule has 0 saturated carbocycles. The van der Waals surface area contributed by atoms with E-state index in [2.05, 4.69) is 23.5 Å². The highest BCUT2D eigenvalue weighted by atomic mass is 16.5. The third-order valence-corrected chi connectivity index (χ3v) is 3.92. The molecule has 0 spiro atoms. The molecule has 0 saturated heterocycles. The van der Waals surface area contributed by atoms with Crippen molar-refractivity contribution in [3.05, 3.63) is 34.9 Å². The van der Waals surface area contributed by atoms with Crippen LogP contribution in [0.5, 0.6) is 5.75 Å². The van der Waals surface area contributed by atoms with Gasteiger partial charge < -0.3 is 10.1 Å². The maximum Gasteiger partial charge on any atom is 0.219 e. The average molecular weight is 257 g/mol. The number of allylic oxidation sites excluding steroid dienone is 1. The SMILES string of the molecule is CCC(=O)NC/C=C1\CCc2ccc3c(c21)CCO3. The van der Waals surface area contributed by atoms with E-state index in [4.69, 9.17) is 4.74 Å². The van der Waals surface area contributed by atoms with Gasteiger partial charge in [-0.05, 0) is 35.6 Å². The number of nitrogens with one attached hydrogen (secondary N) is 1. The van der Waals surface area contributed by atoms with Gasteiger partial charge in [-0.3, -0.25) is 4.79 Å². The first kappa shape index (κ1) is 12.3. The number of hydrogen-bond acceptors (Lipinski definition) is 2. The van der Waals surface area contributed by atoms with Crippen LogP contribution in [0.1, 0.15) is 36.5 Å². The molecule has 1 aromatic rings. The Morgan fingerprint density at radius 2 is 2.26 bits per heavy atom. The monoisotopic (exact) mass is 257 g/mol.